The lowest BCUT2D eigenvalue weighted by molar-refractivity contribution is -0.0623. The molecule has 1 aromatic carbocycles. The number of anilines is 1. The summed E-state index contributed by atoms with van der Waals surface area (Å²) in [5, 5.41) is 21.1. The molecule has 3 heterocycles. The van der Waals surface area contributed by atoms with Gasteiger partial charge in [-0.3, -0.25) is 4.57 Å². The number of aliphatic hydroxyl groups is 2. The molecule has 11 heteroatoms. The standard InChI is InChI=1S/C17H18ClN5O4S/c1-26-13-12(25)10(6-24)27-16(13)23-15-11(14(19)20-7-21-15)22-17(23)28-9-4-2-8(18)3-5-9/h2-5,7,10,12-13,16,24-25H,6H2,1H3,(H2,19,20,21)/t10-,12-,13-,16-/m1/s1. The van der Waals surface area contributed by atoms with Crippen LogP contribution < -0.4 is 5.73 Å². The summed E-state index contributed by atoms with van der Waals surface area (Å²) in [5.41, 5.74) is 6.85. The van der Waals surface area contributed by atoms with Crippen LogP contribution >= 0.6 is 23.4 Å². The number of imidazole rings is 1. The average Bonchev–Trinajstić information content (AvgIpc) is 3.21. The largest absolute Gasteiger partial charge is 0.394 e. The van der Waals surface area contributed by atoms with E-state index in [2.05, 4.69) is 15.0 Å². The Labute approximate surface area is 169 Å². The molecule has 0 saturated carbocycles. The van der Waals surface area contributed by atoms with Crippen LogP contribution in [0.4, 0.5) is 5.82 Å². The van der Waals surface area contributed by atoms with Crippen LogP contribution in [0.25, 0.3) is 11.2 Å². The Hall–Kier alpha value is -1.95. The topological polar surface area (TPSA) is 129 Å². The van der Waals surface area contributed by atoms with E-state index in [1.165, 1.54) is 25.2 Å². The van der Waals surface area contributed by atoms with E-state index >= 15 is 0 Å². The summed E-state index contributed by atoms with van der Waals surface area (Å²) in [6, 6.07) is 7.28. The van der Waals surface area contributed by atoms with Crippen molar-refractivity contribution in [1.29, 1.82) is 0 Å². The van der Waals surface area contributed by atoms with Gasteiger partial charge in [0.2, 0.25) is 0 Å². The van der Waals surface area contributed by atoms with E-state index in [1.807, 2.05) is 12.1 Å². The molecule has 1 aliphatic heterocycles. The highest BCUT2D eigenvalue weighted by atomic mass is 35.5. The Morgan fingerprint density at radius 3 is 2.75 bits per heavy atom. The molecule has 0 unspecified atom stereocenters. The van der Waals surface area contributed by atoms with Crippen molar-refractivity contribution in [3.8, 4) is 0 Å². The maximum atomic E-state index is 10.4. The highest BCUT2D eigenvalue weighted by molar-refractivity contribution is 7.99. The molecule has 2 aromatic heterocycles. The van der Waals surface area contributed by atoms with E-state index in [0.29, 0.717) is 21.3 Å². The second-order valence-corrected chi connectivity index (χ2v) is 7.67. The zero-order valence-corrected chi connectivity index (χ0v) is 16.3. The van der Waals surface area contributed by atoms with Crippen LogP contribution in [0.5, 0.6) is 0 Å². The van der Waals surface area contributed by atoms with Crippen LogP contribution in [-0.2, 0) is 9.47 Å². The van der Waals surface area contributed by atoms with Gasteiger partial charge in [-0.15, -0.1) is 0 Å². The number of nitrogens with zero attached hydrogens (tertiary/aromatic N) is 4. The molecule has 9 nitrogen and oxygen atoms in total. The number of halogens is 1. The number of aromatic nitrogens is 4. The van der Waals surface area contributed by atoms with E-state index in [9.17, 15) is 10.2 Å². The van der Waals surface area contributed by atoms with Crippen molar-refractivity contribution in [2.75, 3.05) is 19.5 Å². The fraction of sp³-hybridized carbons (Fsp3) is 0.353. The maximum Gasteiger partial charge on any atom is 0.177 e. The first-order valence-corrected chi connectivity index (χ1v) is 9.62. The number of fused-ring (bicyclic) bond motifs is 1. The number of rotatable bonds is 5. The number of hydrogen-bond donors (Lipinski definition) is 3. The van der Waals surface area contributed by atoms with E-state index < -0.39 is 24.5 Å². The molecule has 4 rings (SSSR count). The number of aliphatic hydroxyl groups excluding tert-OH is 2. The minimum atomic E-state index is -1.01. The van der Waals surface area contributed by atoms with E-state index in [0.717, 1.165) is 4.90 Å². The predicted molar refractivity (Wildman–Crippen MR) is 103 cm³/mol. The van der Waals surface area contributed by atoms with Crippen molar-refractivity contribution in [3.05, 3.63) is 35.6 Å². The van der Waals surface area contributed by atoms with Crippen molar-refractivity contribution >= 4 is 40.3 Å². The normalized spacial score (nSPS) is 24.9. The summed E-state index contributed by atoms with van der Waals surface area (Å²) in [4.78, 5) is 13.8. The van der Waals surface area contributed by atoms with Gasteiger partial charge >= 0.3 is 0 Å². The zero-order chi connectivity index (χ0) is 19.8. The SMILES string of the molecule is CO[C@@H]1[C@H](O)[C@@H](CO)O[C@H]1n1c(Sc2ccc(Cl)cc2)nc2c(N)ncnc21. The van der Waals surface area contributed by atoms with Gasteiger partial charge in [-0.05, 0) is 24.3 Å². The number of nitrogen functional groups attached to an aromatic ring is 1. The van der Waals surface area contributed by atoms with Gasteiger partial charge in [-0.2, -0.15) is 0 Å². The maximum absolute atomic E-state index is 10.4. The summed E-state index contributed by atoms with van der Waals surface area (Å²) in [6.45, 7) is -0.346. The summed E-state index contributed by atoms with van der Waals surface area (Å²) in [6.07, 6.45) is -1.95. The fourth-order valence-electron chi connectivity index (χ4n) is 3.15. The highest BCUT2D eigenvalue weighted by Gasteiger charge is 2.46. The number of methoxy groups -OCH3 is 1. The third kappa shape index (κ3) is 3.32. The van der Waals surface area contributed by atoms with Crippen LogP contribution in [0.3, 0.4) is 0 Å². The van der Waals surface area contributed by atoms with Crippen molar-refractivity contribution in [3.63, 3.8) is 0 Å². The van der Waals surface area contributed by atoms with Gasteiger partial charge in [0.05, 0.1) is 6.61 Å². The van der Waals surface area contributed by atoms with Crippen LogP contribution in [0, 0.1) is 0 Å². The van der Waals surface area contributed by atoms with E-state index in [1.54, 1.807) is 16.7 Å². The summed E-state index contributed by atoms with van der Waals surface area (Å²) in [5.74, 6) is 0.230. The Kier molecular flexibility index (Phi) is 5.41. The fourth-order valence-corrected chi connectivity index (χ4v) is 4.18. The third-order valence-corrected chi connectivity index (χ3v) is 5.75. The minimum Gasteiger partial charge on any atom is -0.394 e. The molecule has 4 N–H and O–H groups in total. The Bertz CT molecular complexity index is 986. The van der Waals surface area contributed by atoms with Gasteiger partial charge in [0.25, 0.3) is 0 Å². The van der Waals surface area contributed by atoms with E-state index in [-0.39, 0.29) is 12.4 Å². The van der Waals surface area contributed by atoms with Crippen molar-refractivity contribution in [2.24, 2.45) is 0 Å². The second kappa shape index (κ2) is 7.82. The first-order valence-electron chi connectivity index (χ1n) is 8.42. The van der Waals surface area contributed by atoms with Crippen molar-refractivity contribution in [2.45, 2.75) is 34.6 Å². The smallest absolute Gasteiger partial charge is 0.177 e. The lowest BCUT2D eigenvalue weighted by atomic mass is 10.1. The van der Waals surface area contributed by atoms with Gasteiger partial charge in [0, 0.05) is 17.0 Å². The van der Waals surface area contributed by atoms with Gasteiger partial charge in [0.15, 0.2) is 28.4 Å². The third-order valence-electron chi connectivity index (χ3n) is 4.52. The molecule has 1 saturated heterocycles. The summed E-state index contributed by atoms with van der Waals surface area (Å²) < 4.78 is 13.0. The zero-order valence-electron chi connectivity index (χ0n) is 14.8. The number of ether oxygens (including phenoxy) is 2. The Balaban J connectivity index is 1.83. The van der Waals surface area contributed by atoms with Crippen molar-refractivity contribution in [1.82, 2.24) is 19.5 Å². The molecule has 4 atom stereocenters. The van der Waals surface area contributed by atoms with Gasteiger partial charge < -0.3 is 25.4 Å². The molecule has 0 radical (unpaired) electrons. The van der Waals surface area contributed by atoms with Gasteiger partial charge in [-0.1, -0.05) is 23.4 Å². The minimum absolute atomic E-state index is 0.230. The van der Waals surface area contributed by atoms with Crippen LogP contribution in [0.1, 0.15) is 6.23 Å². The van der Waals surface area contributed by atoms with Crippen molar-refractivity contribution < 1.29 is 19.7 Å². The molecule has 148 valence electrons. The molecule has 0 amide bonds. The summed E-state index contributed by atoms with van der Waals surface area (Å²) in [7, 11) is 1.47. The van der Waals surface area contributed by atoms with E-state index in [4.69, 9.17) is 26.8 Å². The highest BCUT2D eigenvalue weighted by Crippen LogP contribution is 2.39. The molecule has 0 aliphatic carbocycles. The molecular formula is C17H18ClN5O4S. The first-order chi connectivity index (χ1) is 13.5. The quantitative estimate of drug-likeness (QED) is 0.558. The predicted octanol–water partition coefficient (Wildman–Crippen LogP) is 1.48. The Morgan fingerprint density at radius 1 is 1.32 bits per heavy atom. The molecule has 3 aromatic rings. The lowest BCUT2D eigenvalue weighted by Crippen LogP contribution is -2.34. The molecule has 1 fully saturated rings. The summed E-state index contributed by atoms with van der Waals surface area (Å²) >= 11 is 7.32. The average molecular weight is 424 g/mol. The monoisotopic (exact) mass is 423 g/mol. The number of nitrogens with two attached hydrogens (primary N) is 1. The second-order valence-electron chi connectivity index (χ2n) is 6.19. The van der Waals surface area contributed by atoms with Crippen LogP contribution in [0.2, 0.25) is 5.02 Å². The molecule has 0 spiro atoms. The molecule has 1 aliphatic rings. The first kappa shape index (κ1) is 19.4. The lowest BCUT2D eigenvalue weighted by Gasteiger charge is -2.21. The number of hydrogen-bond acceptors (Lipinski definition) is 9. The Morgan fingerprint density at radius 2 is 2.07 bits per heavy atom. The molecular weight excluding hydrogens is 406 g/mol. The molecule has 28 heavy (non-hydrogen) atoms. The van der Waals surface area contributed by atoms with Gasteiger partial charge in [-0.25, -0.2) is 15.0 Å². The van der Waals surface area contributed by atoms with Gasteiger partial charge in [0.1, 0.15) is 24.6 Å². The number of benzene rings is 1. The molecule has 0 bridgehead atoms. The van der Waals surface area contributed by atoms with Crippen LogP contribution in [-0.4, -0.2) is 61.8 Å². The van der Waals surface area contributed by atoms with Crippen LogP contribution in [0.15, 0.2) is 40.6 Å².